The van der Waals surface area contributed by atoms with Crippen molar-refractivity contribution in [3.63, 3.8) is 0 Å². The highest BCUT2D eigenvalue weighted by Gasteiger charge is 2.40. The van der Waals surface area contributed by atoms with Gasteiger partial charge in [0.1, 0.15) is 17.4 Å². The van der Waals surface area contributed by atoms with E-state index in [-0.39, 0.29) is 12.1 Å². The molecule has 25 heavy (non-hydrogen) atoms. The van der Waals surface area contributed by atoms with Crippen molar-refractivity contribution < 1.29 is 17.9 Å². The standard InChI is InChI=1S/C18H18F3N3O/c1-3-22-17(18(19,20)21)12-4-6-15(25-2)14(10-12)13-5-7-16-23-8-9-24(16)11-13/h4-11,17,22H,3H2,1-2H3. The van der Waals surface area contributed by atoms with Gasteiger partial charge in [0, 0.05) is 29.7 Å². The van der Waals surface area contributed by atoms with Gasteiger partial charge in [0.15, 0.2) is 0 Å². The molecule has 1 unspecified atom stereocenters. The van der Waals surface area contributed by atoms with Crippen LogP contribution in [0.25, 0.3) is 16.8 Å². The van der Waals surface area contributed by atoms with Gasteiger partial charge < -0.3 is 14.5 Å². The van der Waals surface area contributed by atoms with Crippen molar-refractivity contribution in [2.45, 2.75) is 19.1 Å². The molecule has 3 aromatic rings. The number of ether oxygens (including phenoxy) is 1. The molecular formula is C18H18F3N3O. The molecule has 0 aliphatic heterocycles. The van der Waals surface area contributed by atoms with E-state index in [1.165, 1.54) is 19.2 Å². The summed E-state index contributed by atoms with van der Waals surface area (Å²) < 4.78 is 47.3. The molecule has 0 aliphatic rings. The molecule has 0 aliphatic carbocycles. The smallest absolute Gasteiger partial charge is 0.407 e. The number of pyridine rings is 1. The van der Waals surface area contributed by atoms with Crippen LogP contribution in [0.5, 0.6) is 5.75 Å². The second kappa shape index (κ2) is 6.76. The molecule has 0 saturated carbocycles. The first-order chi connectivity index (χ1) is 11.9. The summed E-state index contributed by atoms with van der Waals surface area (Å²) in [6.07, 6.45) is 0.889. The Morgan fingerprint density at radius 2 is 2.04 bits per heavy atom. The first kappa shape index (κ1) is 17.3. The Morgan fingerprint density at radius 1 is 1.24 bits per heavy atom. The number of nitrogens with one attached hydrogen (secondary N) is 1. The highest BCUT2D eigenvalue weighted by Crippen LogP contribution is 2.37. The van der Waals surface area contributed by atoms with E-state index in [9.17, 15) is 13.2 Å². The fraction of sp³-hybridized carbons (Fsp3) is 0.278. The predicted molar refractivity (Wildman–Crippen MR) is 89.7 cm³/mol. The minimum Gasteiger partial charge on any atom is -0.496 e. The number of rotatable bonds is 5. The zero-order chi connectivity index (χ0) is 18.0. The first-order valence-corrected chi connectivity index (χ1v) is 7.85. The summed E-state index contributed by atoms with van der Waals surface area (Å²) in [5.74, 6) is 0.514. The molecule has 0 saturated heterocycles. The number of alkyl halides is 3. The molecule has 132 valence electrons. The number of fused-ring (bicyclic) bond motifs is 1. The zero-order valence-electron chi connectivity index (χ0n) is 13.8. The maximum absolute atomic E-state index is 13.4. The molecule has 0 amide bonds. The lowest BCUT2D eigenvalue weighted by Crippen LogP contribution is -2.34. The molecule has 2 aromatic heterocycles. The second-order valence-corrected chi connectivity index (χ2v) is 5.60. The summed E-state index contributed by atoms with van der Waals surface area (Å²) in [4.78, 5) is 4.17. The van der Waals surface area contributed by atoms with Crippen LogP contribution in [0.4, 0.5) is 13.2 Å². The van der Waals surface area contributed by atoms with E-state index in [2.05, 4.69) is 10.3 Å². The van der Waals surface area contributed by atoms with Gasteiger partial charge >= 0.3 is 6.18 Å². The largest absolute Gasteiger partial charge is 0.496 e. The van der Waals surface area contributed by atoms with E-state index >= 15 is 0 Å². The third-order valence-corrected chi connectivity index (χ3v) is 3.99. The van der Waals surface area contributed by atoms with Gasteiger partial charge in [0.2, 0.25) is 0 Å². The maximum Gasteiger partial charge on any atom is 0.407 e. The second-order valence-electron chi connectivity index (χ2n) is 5.60. The van der Waals surface area contributed by atoms with Crippen molar-refractivity contribution in [1.82, 2.24) is 14.7 Å². The van der Waals surface area contributed by atoms with Crippen LogP contribution in [0.15, 0.2) is 48.9 Å². The van der Waals surface area contributed by atoms with E-state index in [1.54, 1.807) is 25.4 Å². The summed E-state index contributed by atoms with van der Waals surface area (Å²) in [6, 6.07) is 6.45. The summed E-state index contributed by atoms with van der Waals surface area (Å²) in [7, 11) is 1.50. The van der Waals surface area contributed by atoms with E-state index in [0.717, 1.165) is 11.2 Å². The fourth-order valence-corrected chi connectivity index (χ4v) is 2.84. The van der Waals surface area contributed by atoms with E-state index in [0.29, 0.717) is 11.3 Å². The van der Waals surface area contributed by atoms with Gasteiger partial charge in [0.25, 0.3) is 0 Å². The third-order valence-electron chi connectivity index (χ3n) is 3.99. The van der Waals surface area contributed by atoms with Gasteiger partial charge in [0.05, 0.1) is 7.11 Å². The summed E-state index contributed by atoms with van der Waals surface area (Å²) in [5.41, 5.74) is 2.26. The monoisotopic (exact) mass is 349 g/mol. The highest BCUT2D eigenvalue weighted by molar-refractivity contribution is 5.72. The van der Waals surface area contributed by atoms with Crippen molar-refractivity contribution in [3.8, 4) is 16.9 Å². The highest BCUT2D eigenvalue weighted by atomic mass is 19.4. The number of imidazole rings is 1. The Bertz CT molecular complexity index is 873. The van der Waals surface area contributed by atoms with Crippen LogP contribution in [0.3, 0.4) is 0 Å². The molecule has 1 atom stereocenters. The van der Waals surface area contributed by atoms with E-state index in [1.807, 2.05) is 22.7 Å². The van der Waals surface area contributed by atoms with Crippen molar-refractivity contribution >= 4 is 5.65 Å². The number of hydrogen-bond donors (Lipinski definition) is 1. The number of aromatic nitrogens is 2. The molecule has 0 bridgehead atoms. The Morgan fingerprint density at radius 3 is 2.72 bits per heavy atom. The number of halogens is 3. The third kappa shape index (κ3) is 3.46. The number of nitrogens with zero attached hydrogens (tertiary/aromatic N) is 2. The summed E-state index contributed by atoms with van der Waals surface area (Å²) in [6.45, 7) is 1.86. The Balaban J connectivity index is 2.11. The summed E-state index contributed by atoms with van der Waals surface area (Å²) in [5, 5.41) is 2.50. The molecular weight excluding hydrogens is 331 g/mol. The average Bonchev–Trinajstić information content (AvgIpc) is 3.05. The maximum atomic E-state index is 13.4. The van der Waals surface area contributed by atoms with Crippen LogP contribution in [0.1, 0.15) is 18.5 Å². The van der Waals surface area contributed by atoms with Crippen LogP contribution in [0, 0.1) is 0 Å². The lowest BCUT2D eigenvalue weighted by molar-refractivity contribution is -0.157. The van der Waals surface area contributed by atoms with E-state index in [4.69, 9.17) is 4.74 Å². The lowest BCUT2D eigenvalue weighted by atomic mass is 9.99. The summed E-state index contributed by atoms with van der Waals surface area (Å²) >= 11 is 0. The Labute approximate surface area is 143 Å². The molecule has 7 heteroatoms. The van der Waals surface area contributed by atoms with Crippen molar-refractivity contribution in [3.05, 3.63) is 54.5 Å². The van der Waals surface area contributed by atoms with Crippen molar-refractivity contribution in [1.29, 1.82) is 0 Å². The van der Waals surface area contributed by atoms with Gasteiger partial charge in [-0.3, -0.25) is 0 Å². The number of benzene rings is 1. The van der Waals surface area contributed by atoms with Gasteiger partial charge in [-0.2, -0.15) is 13.2 Å². The lowest BCUT2D eigenvalue weighted by Gasteiger charge is -2.22. The molecule has 1 aromatic carbocycles. The first-order valence-electron chi connectivity index (χ1n) is 7.85. The minimum atomic E-state index is -4.38. The molecule has 0 spiro atoms. The van der Waals surface area contributed by atoms with Crippen LogP contribution >= 0.6 is 0 Å². The van der Waals surface area contributed by atoms with Gasteiger partial charge in [-0.15, -0.1) is 0 Å². The van der Waals surface area contributed by atoms with Gasteiger partial charge in [-0.05, 0) is 36.4 Å². The van der Waals surface area contributed by atoms with Gasteiger partial charge in [-0.1, -0.05) is 13.0 Å². The molecule has 0 fully saturated rings. The Kier molecular flexibility index (Phi) is 4.67. The molecule has 4 nitrogen and oxygen atoms in total. The Hall–Kier alpha value is -2.54. The molecule has 2 heterocycles. The normalized spacial score (nSPS) is 13.2. The van der Waals surface area contributed by atoms with Crippen molar-refractivity contribution in [2.24, 2.45) is 0 Å². The zero-order valence-corrected chi connectivity index (χ0v) is 13.8. The van der Waals surface area contributed by atoms with Crippen molar-refractivity contribution in [2.75, 3.05) is 13.7 Å². The SMILES string of the molecule is CCNC(c1ccc(OC)c(-c2ccc3nccn3c2)c1)C(F)(F)F. The predicted octanol–water partition coefficient (Wildman–Crippen LogP) is 4.22. The quantitative estimate of drug-likeness (QED) is 0.749. The molecule has 3 rings (SSSR count). The van der Waals surface area contributed by atoms with Crippen LogP contribution < -0.4 is 10.1 Å². The number of methoxy groups -OCH3 is 1. The average molecular weight is 349 g/mol. The molecule has 0 radical (unpaired) electrons. The van der Waals surface area contributed by atoms with E-state index < -0.39 is 12.2 Å². The van der Waals surface area contributed by atoms with Crippen LogP contribution in [-0.4, -0.2) is 29.2 Å². The minimum absolute atomic E-state index is 0.149. The van der Waals surface area contributed by atoms with Crippen LogP contribution in [-0.2, 0) is 0 Å². The fourth-order valence-electron chi connectivity index (χ4n) is 2.84. The number of hydrogen-bond acceptors (Lipinski definition) is 3. The topological polar surface area (TPSA) is 38.6 Å². The molecule has 1 N–H and O–H groups in total. The van der Waals surface area contributed by atoms with Crippen LogP contribution in [0.2, 0.25) is 0 Å². The van der Waals surface area contributed by atoms with Gasteiger partial charge in [-0.25, -0.2) is 4.98 Å².